The van der Waals surface area contributed by atoms with Crippen LogP contribution in [-0.4, -0.2) is 30.6 Å². The quantitative estimate of drug-likeness (QED) is 0.615. The number of nitrogens with zero attached hydrogens (tertiary/aromatic N) is 3. The van der Waals surface area contributed by atoms with E-state index < -0.39 is 29.0 Å². The summed E-state index contributed by atoms with van der Waals surface area (Å²) in [4.78, 5) is 3.71. The van der Waals surface area contributed by atoms with E-state index in [1.54, 1.807) is 18.2 Å². The van der Waals surface area contributed by atoms with E-state index in [4.69, 9.17) is 16.3 Å². The van der Waals surface area contributed by atoms with Gasteiger partial charge < -0.3 is 14.9 Å². The molecule has 2 N–H and O–H groups in total. The van der Waals surface area contributed by atoms with Gasteiger partial charge in [-0.05, 0) is 36.8 Å². The Labute approximate surface area is 169 Å². The molecule has 3 aromatic rings. The van der Waals surface area contributed by atoms with Crippen molar-refractivity contribution >= 4 is 11.6 Å². The second kappa shape index (κ2) is 8.02. The van der Waals surface area contributed by atoms with Crippen LogP contribution in [0.3, 0.4) is 0 Å². The van der Waals surface area contributed by atoms with E-state index in [1.807, 2.05) is 0 Å². The van der Waals surface area contributed by atoms with E-state index in [1.165, 1.54) is 36.4 Å². The van der Waals surface area contributed by atoms with Gasteiger partial charge in [0.25, 0.3) is 0 Å². The smallest absolute Gasteiger partial charge is 0.416 e. The van der Waals surface area contributed by atoms with Crippen molar-refractivity contribution in [3.8, 4) is 11.5 Å². The molecule has 1 heterocycles. The Morgan fingerprint density at radius 3 is 2.55 bits per heavy atom. The molecule has 0 aliphatic rings. The first-order chi connectivity index (χ1) is 13.6. The number of alkyl halides is 3. The molecule has 2 aromatic carbocycles. The molecule has 154 valence electrons. The molecule has 2 unspecified atom stereocenters. The van der Waals surface area contributed by atoms with Crippen molar-refractivity contribution in [3.63, 3.8) is 0 Å². The van der Waals surface area contributed by atoms with Gasteiger partial charge in [-0.15, -0.1) is 0 Å². The molecule has 3 rings (SSSR count). The maximum atomic E-state index is 13.7. The molecule has 29 heavy (non-hydrogen) atoms. The minimum atomic E-state index is -4.79. The number of benzene rings is 2. The van der Waals surface area contributed by atoms with Crippen LogP contribution >= 0.6 is 11.6 Å². The average molecular weight is 428 g/mol. The number of halogens is 4. The highest BCUT2D eigenvalue weighted by atomic mass is 35.5. The van der Waals surface area contributed by atoms with Crippen LogP contribution < -0.4 is 4.74 Å². The topological polar surface area (TPSA) is 80.4 Å². The Bertz CT molecular complexity index is 978. The van der Waals surface area contributed by atoms with Crippen molar-refractivity contribution in [1.29, 1.82) is 0 Å². The first-order valence-electron chi connectivity index (χ1n) is 8.44. The summed E-state index contributed by atoms with van der Waals surface area (Å²) in [6.07, 6.45) is -4.14. The molecular formula is C19H17ClF3N3O3. The average Bonchev–Trinajstić information content (AvgIpc) is 3.14. The molecule has 0 aliphatic carbocycles. The molecule has 6 nitrogen and oxygen atoms in total. The number of aromatic nitrogens is 3. The van der Waals surface area contributed by atoms with Crippen molar-refractivity contribution in [2.24, 2.45) is 0 Å². The van der Waals surface area contributed by atoms with Crippen molar-refractivity contribution in [2.45, 2.75) is 31.3 Å². The summed E-state index contributed by atoms with van der Waals surface area (Å²) < 4.78 is 47.7. The molecule has 0 amide bonds. The number of rotatable bonds is 6. The number of aliphatic hydroxyl groups is 2. The standard InChI is InChI=1S/C19H17ClF3N3O3/c1-18(28,9-26-11-24-10-25-26)17(27)13-7-6-12(8-14(13)19(21,22)23)29-16-5-3-2-4-15(16)20/h2-8,10-11,17,27-28H,9H2,1H3. The SMILES string of the molecule is CC(O)(Cn1cncn1)C(O)c1ccc(Oc2ccccc2Cl)cc1C(F)(F)F. The van der Waals surface area contributed by atoms with Gasteiger partial charge >= 0.3 is 6.18 Å². The van der Waals surface area contributed by atoms with E-state index in [0.717, 1.165) is 12.1 Å². The lowest BCUT2D eigenvalue weighted by molar-refractivity contribution is -0.142. The Morgan fingerprint density at radius 1 is 1.21 bits per heavy atom. The van der Waals surface area contributed by atoms with Crippen LogP contribution in [0.15, 0.2) is 55.1 Å². The third kappa shape index (κ3) is 4.87. The lowest BCUT2D eigenvalue weighted by atomic mass is 9.89. The van der Waals surface area contributed by atoms with Crippen LogP contribution in [0.1, 0.15) is 24.2 Å². The van der Waals surface area contributed by atoms with E-state index in [9.17, 15) is 23.4 Å². The normalized spacial score (nSPS) is 15.0. The van der Waals surface area contributed by atoms with Crippen molar-refractivity contribution < 1.29 is 28.1 Å². The largest absolute Gasteiger partial charge is 0.456 e. The summed E-state index contributed by atoms with van der Waals surface area (Å²) in [5, 5.41) is 25.2. The fourth-order valence-corrected chi connectivity index (χ4v) is 2.98. The predicted octanol–water partition coefficient (Wildman–Crippen LogP) is 4.23. The van der Waals surface area contributed by atoms with Crippen LogP contribution in [0.2, 0.25) is 5.02 Å². The summed E-state index contributed by atoms with van der Waals surface area (Å²) in [6, 6.07) is 9.44. The zero-order valence-electron chi connectivity index (χ0n) is 15.1. The summed E-state index contributed by atoms with van der Waals surface area (Å²) >= 11 is 5.98. The molecular weight excluding hydrogens is 411 g/mol. The summed E-state index contributed by atoms with van der Waals surface area (Å²) in [5.74, 6) is 0.0751. The van der Waals surface area contributed by atoms with Crippen molar-refractivity contribution in [3.05, 3.63) is 71.3 Å². The second-order valence-electron chi connectivity index (χ2n) is 6.63. The number of hydrogen-bond donors (Lipinski definition) is 2. The van der Waals surface area contributed by atoms with E-state index >= 15 is 0 Å². The van der Waals surface area contributed by atoms with Gasteiger partial charge in [-0.2, -0.15) is 18.3 Å². The first kappa shape index (κ1) is 21.1. The Morgan fingerprint density at radius 2 is 1.93 bits per heavy atom. The number of para-hydroxylation sites is 1. The molecule has 0 radical (unpaired) electrons. The Balaban J connectivity index is 1.95. The zero-order valence-corrected chi connectivity index (χ0v) is 15.9. The van der Waals surface area contributed by atoms with Gasteiger partial charge in [0.15, 0.2) is 0 Å². The Hall–Kier alpha value is -2.62. The third-order valence-electron chi connectivity index (χ3n) is 4.23. The van der Waals surface area contributed by atoms with Gasteiger partial charge in [0, 0.05) is 0 Å². The van der Waals surface area contributed by atoms with E-state index in [0.29, 0.717) is 0 Å². The zero-order chi connectivity index (χ0) is 21.2. The number of ether oxygens (including phenoxy) is 1. The molecule has 0 saturated heterocycles. The first-order valence-corrected chi connectivity index (χ1v) is 8.82. The number of aliphatic hydroxyl groups excluding tert-OH is 1. The molecule has 0 bridgehead atoms. The highest BCUT2D eigenvalue weighted by Gasteiger charge is 2.41. The molecule has 0 fully saturated rings. The minimum absolute atomic E-state index is 0.114. The molecule has 10 heteroatoms. The lowest BCUT2D eigenvalue weighted by Gasteiger charge is -2.31. The van der Waals surface area contributed by atoms with Crippen molar-refractivity contribution in [2.75, 3.05) is 0 Å². The van der Waals surface area contributed by atoms with Gasteiger partial charge in [0.05, 0.1) is 17.1 Å². The lowest BCUT2D eigenvalue weighted by Crippen LogP contribution is -2.38. The van der Waals surface area contributed by atoms with Crippen LogP contribution in [0.25, 0.3) is 0 Å². The molecule has 2 atom stereocenters. The van der Waals surface area contributed by atoms with Crippen molar-refractivity contribution in [1.82, 2.24) is 14.8 Å². The Kier molecular flexibility index (Phi) is 5.83. The summed E-state index contributed by atoms with van der Waals surface area (Å²) in [7, 11) is 0. The third-order valence-corrected chi connectivity index (χ3v) is 4.54. The van der Waals surface area contributed by atoms with Gasteiger partial charge in [0.1, 0.15) is 35.9 Å². The van der Waals surface area contributed by atoms with Gasteiger partial charge in [-0.25, -0.2) is 9.67 Å². The monoisotopic (exact) mass is 427 g/mol. The van der Waals surface area contributed by atoms with E-state index in [-0.39, 0.29) is 23.1 Å². The highest BCUT2D eigenvalue weighted by Crippen LogP contribution is 2.41. The number of hydrogen-bond acceptors (Lipinski definition) is 5. The maximum absolute atomic E-state index is 13.7. The predicted molar refractivity (Wildman–Crippen MR) is 98.6 cm³/mol. The maximum Gasteiger partial charge on any atom is 0.416 e. The van der Waals surface area contributed by atoms with Crippen LogP contribution in [0.4, 0.5) is 13.2 Å². The highest BCUT2D eigenvalue weighted by molar-refractivity contribution is 6.32. The molecule has 0 saturated carbocycles. The van der Waals surface area contributed by atoms with Crippen LogP contribution in [-0.2, 0) is 12.7 Å². The fourth-order valence-electron chi connectivity index (χ4n) is 2.80. The minimum Gasteiger partial charge on any atom is -0.456 e. The fraction of sp³-hybridized carbons (Fsp3) is 0.263. The summed E-state index contributed by atoms with van der Waals surface area (Å²) in [5.41, 5.74) is -3.57. The molecule has 0 spiro atoms. The molecule has 1 aromatic heterocycles. The second-order valence-corrected chi connectivity index (χ2v) is 7.04. The van der Waals surface area contributed by atoms with E-state index in [2.05, 4.69) is 10.1 Å². The van der Waals surface area contributed by atoms with Crippen LogP contribution in [0, 0.1) is 0 Å². The van der Waals surface area contributed by atoms with Gasteiger partial charge in [-0.1, -0.05) is 29.8 Å². The van der Waals surface area contributed by atoms with Crippen LogP contribution in [0.5, 0.6) is 11.5 Å². The van der Waals surface area contributed by atoms with Gasteiger partial charge in [-0.3, -0.25) is 0 Å². The van der Waals surface area contributed by atoms with Gasteiger partial charge in [0.2, 0.25) is 0 Å². The molecule has 0 aliphatic heterocycles. The summed E-state index contributed by atoms with van der Waals surface area (Å²) in [6.45, 7) is 0.955.